The third kappa shape index (κ3) is 2.55. The number of hydrogen-bond donors (Lipinski definition) is 0. The maximum absolute atomic E-state index is 11.7. The number of aromatic nitrogens is 1. The number of hydrogen-bond acceptors (Lipinski definition) is 4. The zero-order valence-electron chi connectivity index (χ0n) is 9.51. The molecule has 0 spiro atoms. The zero-order valence-corrected chi connectivity index (χ0v) is 10.3. The van der Waals surface area contributed by atoms with Crippen LogP contribution in [0.2, 0.25) is 0 Å². The molecule has 0 aliphatic rings. The molecule has 1 heterocycles. The molecule has 1 aromatic carbocycles. The fourth-order valence-electron chi connectivity index (χ4n) is 1.58. The first kappa shape index (κ1) is 11.9. The highest BCUT2D eigenvalue weighted by Gasteiger charge is 2.07. The van der Waals surface area contributed by atoms with Gasteiger partial charge in [-0.15, -0.1) is 0 Å². The Kier molecular flexibility index (Phi) is 3.58. The predicted octanol–water partition coefficient (Wildman–Crippen LogP) is 2.02. The molecule has 0 saturated carbocycles. The molecular formula is C12H13NO3S. The summed E-state index contributed by atoms with van der Waals surface area (Å²) in [6, 6.07) is 7.60. The highest BCUT2D eigenvalue weighted by atomic mass is 32.1. The first-order valence-corrected chi connectivity index (χ1v) is 6.28. The Labute approximate surface area is 102 Å². The van der Waals surface area contributed by atoms with Crippen molar-refractivity contribution in [3.63, 3.8) is 0 Å². The lowest BCUT2D eigenvalue weighted by Crippen LogP contribution is -2.17. The summed E-state index contributed by atoms with van der Waals surface area (Å²) in [5.74, 6) is -0.238. The topological polar surface area (TPSA) is 48.3 Å². The summed E-state index contributed by atoms with van der Waals surface area (Å²) < 4.78 is 7.57. The fraction of sp³-hybridized carbons (Fsp3) is 0.333. The van der Waals surface area contributed by atoms with Crippen LogP contribution in [0.4, 0.5) is 0 Å². The van der Waals surface area contributed by atoms with Crippen LogP contribution in [0, 0.1) is 0 Å². The van der Waals surface area contributed by atoms with Crippen LogP contribution in [-0.2, 0) is 16.1 Å². The van der Waals surface area contributed by atoms with E-state index in [9.17, 15) is 9.59 Å². The Hall–Kier alpha value is -1.62. The first-order valence-electron chi connectivity index (χ1n) is 5.46. The molecule has 2 aromatic rings. The molecule has 0 unspecified atom stereocenters. The molecule has 17 heavy (non-hydrogen) atoms. The summed E-state index contributed by atoms with van der Waals surface area (Å²) in [4.78, 5) is 22.7. The van der Waals surface area contributed by atoms with Gasteiger partial charge in [0, 0.05) is 6.42 Å². The van der Waals surface area contributed by atoms with E-state index in [0.717, 1.165) is 10.2 Å². The number of rotatable bonds is 4. The standard InChI is InChI=1S/C12H13NO3S/c1-2-11(14)16-8-7-13-9-5-3-4-6-10(9)17-12(13)15/h3-6H,2,7-8H2,1H3. The van der Waals surface area contributed by atoms with Gasteiger partial charge in [0.15, 0.2) is 0 Å². The van der Waals surface area contributed by atoms with E-state index in [1.807, 2.05) is 24.3 Å². The fourth-order valence-corrected chi connectivity index (χ4v) is 2.50. The smallest absolute Gasteiger partial charge is 0.308 e. The van der Waals surface area contributed by atoms with Gasteiger partial charge in [0.25, 0.3) is 0 Å². The number of nitrogens with zero attached hydrogens (tertiary/aromatic N) is 1. The summed E-state index contributed by atoms with van der Waals surface area (Å²) >= 11 is 1.21. The van der Waals surface area contributed by atoms with Gasteiger partial charge in [-0.2, -0.15) is 0 Å². The second-order valence-corrected chi connectivity index (χ2v) is 4.55. The van der Waals surface area contributed by atoms with Crippen molar-refractivity contribution in [3.8, 4) is 0 Å². The highest BCUT2D eigenvalue weighted by Crippen LogP contribution is 2.16. The molecule has 0 atom stereocenters. The van der Waals surface area contributed by atoms with Crippen molar-refractivity contribution in [2.24, 2.45) is 0 Å². The van der Waals surface area contributed by atoms with Crippen molar-refractivity contribution in [2.45, 2.75) is 19.9 Å². The minimum absolute atomic E-state index is 0.0150. The third-order valence-electron chi connectivity index (χ3n) is 2.44. The molecule has 0 bridgehead atoms. The van der Waals surface area contributed by atoms with Gasteiger partial charge in [-0.3, -0.25) is 14.2 Å². The molecule has 0 N–H and O–H groups in total. The Morgan fingerprint density at radius 2 is 2.18 bits per heavy atom. The van der Waals surface area contributed by atoms with Crippen molar-refractivity contribution in [2.75, 3.05) is 6.61 Å². The molecule has 2 rings (SSSR count). The second-order valence-electron chi connectivity index (χ2n) is 3.56. The molecule has 0 amide bonds. The van der Waals surface area contributed by atoms with E-state index in [1.54, 1.807) is 11.5 Å². The molecule has 5 heteroatoms. The molecular weight excluding hydrogens is 238 g/mol. The quantitative estimate of drug-likeness (QED) is 0.781. The van der Waals surface area contributed by atoms with Crippen LogP contribution in [0.1, 0.15) is 13.3 Å². The lowest BCUT2D eigenvalue weighted by atomic mass is 10.3. The van der Waals surface area contributed by atoms with Crippen molar-refractivity contribution < 1.29 is 9.53 Å². The lowest BCUT2D eigenvalue weighted by Gasteiger charge is -2.04. The number of thiazole rings is 1. The number of para-hydroxylation sites is 1. The van der Waals surface area contributed by atoms with E-state index in [1.165, 1.54) is 11.3 Å². The predicted molar refractivity (Wildman–Crippen MR) is 67.3 cm³/mol. The Balaban J connectivity index is 2.15. The maximum Gasteiger partial charge on any atom is 0.308 e. The molecule has 0 fully saturated rings. The van der Waals surface area contributed by atoms with Gasteiger partial charge in [-0.1, -0.05) is 30.4 Å². The normalized spacial score (nSPS) is 10.6. The van der Waals surface area contributed by atoms with Gasteiger partial charge in [-0.05, 0) is 12.1 Å². The molecule has 0 aliphatic heterocycles. The van der Waals surface area contributed by atoms with Crippen LogP contribution in [0.5, 0.6) is 0 Å². The van der Waals surface area contributed by atoms with Crippen LogP contribution < -0.4 is 4.87 Å². The first-order chi connectivity index (χ1) is 8.22. The van der Waals surface area contributed by atoms with Crippen molar-refractivity contribution >= 4 is 27.5 Å². The van der Waals surface area contributed by atoms with Crippen LogP contribution in [-0.4, -0.2) is 17.1 Å². The molecule has 1 aromatic heterocycles. The minimum Gasteiger partial charge on any atom is -0.464 e. The Morgan fingerprint density at radius 3 is 2.94 bits per heavy atom. The van der Waals surface area contributed by atoms with E-state index in [0.29, 0.717) is 13.0 Å². The van der Waals surface area contributed by atoms with E-state index in [-0.39, 0.29) is 17.4 Å². The highest BCUT2D eigenvalue weighted by molar-refractivity contribution is 7.16. The number of carbonyl (C=O) groups excluding carboxylic acids is 1. The van der Waals surface area contributed by atoms with Crippen molar-refractivity contribution in [3.05, 3.63) is 33.9 Å². The average molecular weight is 251 g/mol. The monoisotopic (exact) mass is 251 g/mol. The summed E-state index contributed by atoms with van der Waals surface area (Å²) in [5, 5.41) is 0. The van der Waals surface area contributed by atoms with Gasteiger partial charge in [0.1, 0.15) is 6.61 Å². The Morgan fingerprint density at radius 1 is 1.41 bits per heavy atom. The zero-order chi connectivity index (χ0) is 12.3. The summed E-state index contributed by atoms with van der Waals surface area (Å²) in [6.07, 6.45) is 0.360. The number of ether oxygens (including phenoxy) is 1. The molecule has 0 aliphatic carbocycles. The van der Waals surface area contributed by atoms with Crippen molar-refractivity contribution in [1.82, 2.24) is 4.57 Å². The second kappa shape index (κ2) is 5.14. The van der Waals surface area contributed by atoms with E-state index in [2.05, 4.69) is 0 Å². The van der Waals surface area contributed by atoms with Gasteiger partial charge >= 0.3 is 10.8 Å². The molecule has 4 nitrogen and oxygen atoms in total. The lowest BCUT2D eigenvalue weighted by molar-refractivity contribution is -0.143. The summed E-state index contributed by atoms with van der Waals surface area (Å²) in [5.41, 5.74) is 0.898. The van der Waals surface area contributed by atoms with Crippen molar-refractivity contribution in [1.29, 1.82) is 0 Å². The van der Waals surface area contributed by atoms with Crippen LogP contribution >= 0.6 is 11.3 Å². The number of carbonyl (C=O) groups is 1. The maximum atomic E-state index is 11.7. The third-order valence-corrected chi connectivity index (χ3v) is 3.40. The summed E-state index contributed by atoms with van der Waals surface area (Å²) in [7, 11) is 0. The largest absolute Gasteiger partial charge is 0.464 e. The molecule has 90 valence electrons. The molecule has 0 radical (unpaired) electrons. The van der Waals surface area contributed by atoms with Gasteiger partial charge in [-0.25, -0.2) is 0 Å². The Bertz CT molecular complexity index is 585. The van der Waals surface area contributed by atoms with E-state index in [4.69, 9.17) is 4.74 Å². The van der Waals surface area contributed by atoms with Gasteiger partial charge in [0.05, 0.1) is 16.8 Å². The SMILES string of the molecule is CCC(=O)OCCn1c(=O)sc2ccccc21. The van der Waals surface area contributed by atoms with E-state index >= 15 is 0 Å². The van der Waals surface area contributed by atoms with Gasteiger partial charge < -0.3 is 4.74 Å². The van der Waals surface area contributed by atoms with Crippen LogP contribution in [0.15, 0.2) is 29.1 Å². The van der Waals surface area contributed by atoms with E-state index < -0.39 is 0 Å². The number of benzene rings is 1. The van der Waals surface area contributed by atoms with Crippen LogP contribution in [0.3, 0.4) is 0 Å². The van der Waals surface area contributed by atoms with Crippen LogP contribution in [0.25, 0.3) is 10.2 Å². The number of fused-ring (bicyclic) bond motifs is 1. The molecule has 0 saturated heterocycles. The number of esters is 1. The minimum atomic E-state index is -0.238. The average Bonchev–Trinajstić information content (AvgIpc) is 2.66. The van der Waals surface area contributed by atoms with Gasteiger partial charge in [0.2, 0.25) is 0 Å². The summed E-state index contributed by atoms with van der Waals surface area (Å²) in [6.45, 7) is 2.40.